The maximum absolute atomic E-state index is 13.5. The molecule has 4 aromatic rings. The van der Waals surface area contributed by atoms with E-state index in [1.165, 1.54) is 30.0 Å². The van der Waals surface area contributed by atoms with E-state index in [0.29, 0.717) is 11.0 Å². The minimum Gasteiger partial charge on any atom is -0.345 e. The number of nitrogens with one attached hydrogen (secondary N) is 2. The van der Waals surface area contributed by atoms with E-state index in [4.69, 9.17) is 0 Å². The SMILES string of the molecule is Cc1cccc(NC(=O)CSc2nnc(CNC(=O)c3cccc(F)c3)n2-c2cc(C)ccc2C)c1. The molecule has 2 N–H and O–H groups in total. The van der Waals surface area contributed by atoms with Crippen molar-refractivity contribution in [2.75, 3.05) is 11.1 Å². The highest BCUT2D eigenvalue weighted by molar-refractivity contribution is 7.99. The van der Waals surface area contributed by atoms with E-state index in [9.17, 15) is 14.0 Å². The first-order chi connectivity index (χ1) is 17.3. The summed E-state index contributed by atoms with van der Waals surface area (Å²) >= 11 is 1.26. The van der Waals surface area contributed by atoms with Crippen LogP contribution in [-0.2, 0) is 11.3 Å². The van der Waals surface area contributed by atoms with Crippen LogP contribution in [0.5, 0.6) is 0 Å². The molecule has 0 saturated carbocycles. The zero-order valence-electron chi connectivity index (χ0n) is 20.2. The van der Waals surface area contributed by atoms with Crippen molar-refractivity contribution >= 4 is 29.3 Å². The van der Waals surface area contributed by atoms with Gasteiger partial charge in [-0.2, -0.15) is 0 Å². The Morgan fingerprint density at radius 2 is 1.72 bits per heavy atom. The van der Waals surface area contributed by atoms with Crippen LogP contribution in [0, 0.1) is 26.6 Å². The smallest absolute Gasteiger partial charge is 0.251 e. The van der Waals surface area contributed by atoms with Crippen molar-refractivity contribution < 1.29 is 14.0 Å². The number of aromatic nitrogens is 3. The summed E-state index contributed by atoms with van der Waals surface area (Å²) in [4.78, 5) is 25.2. The number of carbonyl (C=O) groups is 2. The van der Waals surface area contributed by atoms with E-state index in [0.717, 1.165) is 28.1 Å². The number of benzene rings is 3. The number of amides is 2. The fraction of sp³-hybridized carbons (Fsp3) is 0.185. The molecule has 3 aromatic carbocycles. The van der Waals surface area contributed by atoms with Crippen LogP contribution in [0.4, 0.5) is 10.1 Å². The molecule has 2 amide bonds. The molecule has 0 atom stereocenters. The Labute approximate surface area is 213 Å². The largest absolute Gasteiger partial charge is 0.345 e. The number of carbonyl (C=O) groups excluding carboxylic acids is 2. The van der Waals surface area contributed by atoms with E-state index >= 15 is 0 Å². The lowest BCUT2D eigenvalue weighted by Gasteiger charge is -2.14. The highest BCUT2D eigenvalue weighted by Gasteiger charge is 2.19. The van der Waals surface area contributed by atoms with Crippen molar-refractivity contribution in [2.45, 2.75) is 32.5 Å². The average molecular weight is 504 g/mol. The van der Waals surface area contributed by atoms with E-state index in [-0.39, 0.29) is 23.8 Å². The zero-order chi connectivity index (χ0) is 25.7. The summed E-state index contributed by atoms with van der Waals surface area (Å²) in [6, 6.07) is 19.1. The van der Waals surface area contributed by atoms with Gasteiger partial charge in [-0.3, -0.25) is 14.2 Å². The van der Waals surface area contributed by atoms with Crippen LogP contribution in [0.25, 0.3) is 5.69 Å². The molecule has 0 aliphatic rings. The molecule has 0 saturated heterocycles. The van der Waals surface area contributed by atoms with Gasteiger partial charge in [0.05, 0.1) is 18.0 Å². The van der Waals surface area contributed by atoms with E-state index in [2.05, 4.69) is 20.8 Å². The number of aryl methyl sites for hydroxylation is 3. The first-order valence-corrected chi connectivity index (χ1v) is 12.3. The topological polar surface area (TPSA) is 88.9 Å². The van der Waals surface area contributed by atoms with E-state index in [1.54, 1.807) is 6.07 Å². The summed E-state index contributed by atoms with van der Waals surface area (Å²) < 4.78 is 15.4. The number of halogens is 1. The molecule has 4 rings (SSSR count). The molecule has 36 heavy (non-hydrogen) atoms. The van der Waals surface area contributed by atoms with Gasteiger partial charge in [-0.15, -0.1) is 10.2 Å². The van der Waals surface area contributed by atoms with Crippen LogP contribution in [-0.4, -0.2) is 32.3 Å². The average Bonchev–Trinajstić information content (AvgIpc) is 3.25. The molecule has 0 spiro atoms. The predicted octanol–water partition coefficient (Wildman–Crippen LogP) is 4.99. The summed E-state index contributed by atoms with van der Waals surface area (Å²) in [5.74, 6) is -0.440. The van der Waals surface area contributed by atoms with E-state index < -0.39 is 11.7 Å². The molecule has 0 radical (unpaired) electrons. The molecule has 0 unspecified atom stereocenters. The standard InChI is InChI=1S/C27H26FN5O2S/c1-17-6-4-9-22(12-17)30-25(34)16-36-27-32-31-24(33(27)23-13-18(2)10-11-19(23)3)15-29-26(35)20-7-5-8-21(28)14-20/h4-14H,15-16H2,1-3H3,(H,29,35)(H,30,34). The third-order valence-corrected chi connectivity index (χ3v) is 6.36. The molecule has 9 heteroatoms. The lowest BCUT2D eigenvalue weighted by Crippen LogP contribution is -2.25. The van der Waals surface area contributed by atoms with Gasteiger partial charge in [-0.25, -0.2) is 4.39 Å². The molecule has 184 valence electrons. The van der Waals surface area contributed by atoms with Crippen molar-refractivity contribution in [2.24, 2.45) is 0 Å². The number of nitrogens with zero attached hydrogens (tertiary/aromatic N) is 3. The van der Waals surface area contributed by atoms with Crippen molar-refractivity contribution in [3.8, 4) is 5.69 Å². The van der Waals surface area contributed by atoms with Gasteiger partial charge in [0.25, 0.3) is 5.91 Å². The van der Waals surface area contributed by atoms with Crippen LogP contribution >= 0.6 is 11.8 Å². The van der Waals surface area contributed by atoms with Gasteiger partial charge in [0.15, 0.2) is 11.0 Å². The number of hydrogen-bond acceptors (Lipinski definition) is 5. The van der Waals surface area contributed by atoms with Crippen molar-refractivity contribution in [3.63, 3.8) is 0 Å². The second kappa shape index (κ2) is 11.2. The first kappa shape index (κ1) is 25.1. The summed E-state index contributed by atoms with van der Waals surface area (Å²) in [5, 5.41) is 14.8. The Kier molecular flexibility index (Phi) is 7.80. The number of hydrogen-bond donors (Lipinski definition) is 2. The quantitative estimate of drug-likeness (QED) is 0.331. The first-order valence-electron chi connectivity index (χ1n) is 11.3. The van der Waals surface area contributed by atoms with Gasteiger partial charge in [0.2, 0.25) is 5.91 Å². The van der Waals surface area contributed by atoms with Crippen LogP contribution < -0.4 is 10.6 Å². The predicted molar refractivity (Wildman–Crippen MR) is 139 cm³/mol. The summed E-state index contributed by atoms with van der Waals surface area (Å²) in [5.41, 5.74) is 4.90. The molecule has 1 aromatic heterocycles. The Hall–Kier alpha value is -3.98. The maximum Gasteiger partial charge on any atom is 0.251 e. The second-order valence-corrected chi connectivity index (χ2v) is 9.37. The molecule has 0 aliphatic heterocycles. The maximum atomic E-state index is 13.5. The normalized spacial score (nSPS) is 10.8. The highest BCUT2D eigenvalue weighted by Crippen LogP contribution is 2.25. The van der Waals surface area contributed by atoms with Gasteiger partial charge in [0.1, 0.15) is 5.82 Å². The fourth-order valence-electron chi connectivity index (χ4n) is 3.65. The van der Waals surface area contributed by atoms with Crippen molar-refractivity contribution in [1.29, 1.82) is 0 Å². The number of anilines is 1. The lowest BCUT2D eigenvalue weighted by atomic mass is 10.1. The number of thioether (sulfide) groups is 1. The molecule has 0 aliphatic carbocycles. The summed E-state index contributed by atoms with van der Waals surface area (Å²) in [7, 11) is 0. The Balaban J connectivity index is 1.55. The molecule has 0 fully saturated rings. The zero-order valence-corrected chi connectivity index (χ0v) is 21.0. The Bertz CT molecular complexity index is 1420. The summed E-state index contributed by atoms with van der Waals surface area (Å²) in [6.07, 6.45) is 0. The fourth-order valence-corrected chi connectivity index (χ4v) is 4.42. The third kappa shape index (κ3) is 6.17. The third-order valence-electron chi connectivity index (χ3n) is 5.43. The molecule has 1 heterocycles. The number of rotatable bonds is 8. The molecular weight excluding hydrogens is 477 g/mol. The minimum absolute atomic E-state index is 0.0752. The van der Waals surface area contributed by atoms with Crippen LogP contribution in [0.1, 0.15) is 32.9 Å². The monoisotopic (exact) mass is 503 g/mol. The van der Waals surface area contributed by atoms with Crippen molar-refractivity contribution in [1.82, 2.24) is 20.1 Å². The van der Waals surface area contributed by atoms with Gasteiger partial charge in [0, 0.05) is 11.3 Å². The van der Waals surface area contributed by atoms with Crippen LogP contribution in [0.3, 0.4) is 0 Å². The molecule has 0 bridgehead atoms. The summed E-state index contributed by atoms with van der Waals surface area (Å²) in [6.45, 7) is 6.00. The van der Waals surface area contributed by atoms with Gasteiger partial charge in [-0.05, 0) is 73.9 Å². The van der Waals surface area contributed by atoms with Gasteiger partial charge >= 0.3 is 0 Å². The van der Waals surface area contributed by atoms with Crippen molar-refractivity contribution in [3.05, 3.63) is 101 Å². The van der Waals surface area contributed by atoms with Crippen LogP contribution in [0.15, 0.2) is 71.9 Å². The highest BCUT2D eigenvalue weighted by atomic mass is 32.2. The van der Waals surface area contributed by atoms with Gasteiger partial charge < -0.3 is 10.6 Å². The van der Waals surface area contributed by atoms with Gasteiger partial charge in [-0.1, -0.05) is 42.1 Å². The lowest BCUT2D eigenvalue weighted by molar-refractivity contribution is -0.113. The Morgan fingerprint density at radius 1 is 0.944 bits per heavy atom. The Morgan fingerprint density at radius 3 is 2.50 bits per heavy atom. The second-order valence-electron chi connectivity index (χ2n) is 8.42. The van der Waals surface area contributed by atoms with E-state index in [1.807, 2.05) is 67.8 Å². The molecule has 7 nitrogen and oxygen atoms in total. The molecular formula is C27H26FN5O2S. The van der Waals surface area contributed by atoms with Crippen LogP contribution in [0.2, 0.25) is 0 Å². The minimum atomic E-state index is -0.483.